The zero-order valence-electron chi connectivity index (χ0n) is 13.6. The van der Waals surface area contributed by atoms with Crippen LogP contribution in [-0.4, -0.2) is 6.54 Å². The minimum absolute atomic E-state index is 0.821. The van der Waals surface area contributed by atoms with E-state index < -0.39 is 0 Å². The van der Waals surface area contributed by atoms with Crippen LogP contribution in [0.3, 0.4) is 0 Å². The fourth-order valence-corrected chi connectivity index (χ4v) is 4.79. The Morgan fingerprint density at radius 2 is 1.71 bits per heavy atom. The number of aryl methyl sites for hydroxylation is 1. The third-order valence-electron chi connectivity index (χ3n) is 5.92. The molecule has 1 aromatic carbocycles. The van der Waals surface area contributed by atoms with Crippen LogP contribution in [0.1, 0.15) is 68.9 Å². The average Bonchev–Trinajstić information content (AvgIpc) is 2.87. The molecule has 0 bridgehead atoms. The number of nitrogens with two attached hydrogens (primary N) is 1. The van der Waals surface area contributed by atoms with Crippen molar-refractivity contribution < 1.29 is 0 Å². The lowest BCUT2D eigenvalue weighted by molar-refractivity contribution is 0.250. The van der Waals surface area contributed by atoms with Crippen molar-refractivity contribution in [1.29, 1.82) is 0 Å². The van der Waals surface area contributed by atoms with E-state index in [1.807, 2.05) is 0 Å². The fraction of sp³-hybridized carbons (Fsp3) is 0.700. The van der Waals surface area contributed by atoms with Crippen LogP contribution in [0.4, 0.5) is 0 Å². The molecule has 116 valence electrons. The van der Waals surface area contributed by atoms with E-state index in [4.69, 9.17) is 5.73 Å². The molecule has 4 atom stereocenters. The summed E-state index contributed by atoms with van der Waals surface area (Å²) in [4.78, 5) is 0. The molecule has 0 aromatic heterocycles. The van der Waals surface area contributed by atoms with Crippen molar-refractivity contribution in [3.8, 4) is 0 Å². The lowest BCUT2D eigenvalue weighted by atomic mass is 9.73. The highest BCUT2D eigenvalue weighted by Gasteiger charge is 2.37. The second kappa shape index (κ2) is 6.96. The summed E-state index contributed by atoms with van der Waals surface area (Å²) < 4.78 is 0. The average molecular weight is 285 g/mol. The lowest BCUT2D eigenvalue weighted by Crippen LogP contribution is -2.19. The lowest BCUT2D eigenvalue weighted by Gasteiger charge is -2.32. The van der Waals surface area contributed by atoms with Crippen LogP contribution in [0.5, 0.6) is 0 Å². The first-order chi connectivity index (χ1) is 10.3. The fourth-order valence-electron chi connectivity index (χ4n) is 4.79. The van der Waals surface area contributed by atoms with Crippen LogP contribution in [0.25, 0.3) is 0 Å². The molecule has 1 aromatic rings. The van der Waals surface area contributed by atoms with Gasteiger partial charge in [-0.05, 0) is 92.7 Å². The molecule has 1 nitrogen and oxygen atoms in total. The number of hydrogen-bond acceptors (Lipinski definition) is 1. The molecule has 2 N–H and O–H groups in total. The first kappa shape index (κ1) is 15.1. The highest BCUT2D eigenvalue weighted by Crippen LogP contribution is 2.49. The standard InChI is InChI=1S/C20H31N/c1-15-12-18-9-10-19(14-20(18)13-15)17-7-5-16(6-8-17)4-2-3-11-21/h5-8,15,18-20H,2-4,9-14,21H2,1H3. The molecular weight excluding hydrogens is 254 g/mol. The van der Waals surface area contributed by atoms with E-state index in [1.54, 1.807) is 5.56 Å². The van der Waals surface area contributed by atoms with Crippen molar-refractivity contribution in [2.45, 2.75) is 64.2 Å². The van der Waals surface area contributed by atoms with Crippen LogP contribution in [0, 0.1) is 17.8 Å². The maximum absolute atomic E-state index is 5.57. The molecule has 0 heterocycles. The first-order valence-corrected chi connectivity index (χ1v) is 9.05. The van der Waals surface area contributed by atoms with E-state index in [0.717, 1.165) is 36.6 Å². The maximum Gasteiger partial charge on any atom is -0.00772 e. The summed E-state index contributed by atoms with van der Waals surface area (Å²) in [7, 11) is 0. The largest absolute Gasteiger partial charge is 0.330 e. The van der Waals surface area contributed by atoms with Crippen LogP contribution in [0.15, 0.2) is 24.3 Å². The SMILES string of the molecule is CC1CC2CCC(c3ccc(CCCCN)cc3)CC2C1. The Morgan fingerprint density at radius 3 is 2.48 bits per heavy atom. The molecule has 3 rings (SSSR count). The highest BCUT2D eigenvalue weighted by atomic mass is 14.5. The monoisotopic (exact) mass is 285 g/mol. The Labute approximate surface area is 130 Å². The van der Waals surface area contributed by atoms with E-state index in [9.17, 15) is 0 Å². The van der Waals surface area contributed by atoms with Crippen molar-refractivity contribution in [3.05, 3.63) is 35.4 Å². The number of benzene rings is 1. The number of hydrogen-bond donors (Lipinski definition) is 1. The minimum Gasteiger partial charge on any atom is -0.330 e. The van der Waals surface area contributed by atoms with Gasteiger partial charge in [0.05, 0.1) is 0 Å². The van der Waals surface area contributed by atoms with Gasteiger partial charge in [0, 0.05) is 0 Å². The van der Waals surface area contributed by atoms with E-state index >= 15 is 0 Å². The summed E-state index contributed by atoms with van der Waals surface area (Å²) >= 11 is 0. The van der Waals surface area contributed by atoms with Gasteiger partial charge in [-0.2, -0.15) is 0 Å². The summed E-state index contributed by atoms with van der Waals surface area (Å²) in [6.45, 7) is 3.27. The normalized spacial score (nSPS) is 32.1. The van der Waals surface area contributed by atoms with Gasteiger partial charge in [0.25, 0.3) is 0 Å². The van der Waals surface area contributed by atoms with Gasteiger partial charge in [-0.1, -0.05) is 31.2 Å². The Bertz CT molecular complexity index is 436. The van der Waals surface area contributed by atoms with Crippen molar-refractivity contribution >= 4 is 0 Å². The summed E-state index contributed by atoms with van der Waals surface area (Å²) in [6, 6.07) is 9.52. The Balaban J connectivity index is 1.57. The molecular formula is C20H31N. The Kier molecular flexibility index (Phi) is 5.00. The second-order valence-electron chi connectivity index (χ2n) is 7.59. The van der Waals surface area contributed by atoms with Gasteiger partial charge in [0.2, 0.25) is 0 Å². The molecule has 0 spiro atoms. The van der Waals surface area contributed by atoms with Gasteiger partial charge < -0.3 is 5.73 Å². The van der Waals surface area contributed by atoms with Gasteiger partial charge >= 0.3 is 0 Å². The van der Waals surface area contributed by atoms with Crippen LogP contribution >= 0.6 is 0 Å². The molecule has 0 amide bonds. The smallest absolute Gasteiger partial charge is 0.00772 e. The van der Waals surface area contributed by atoms with Crippen LogP contribution in [-0.2, 0) is 6.42 Å². The molecule has 1 heteroatoms. The quantitative estimate of drug-likeness (QED) is 0.765. The first-order valence-electron chi connectivity index (χ1n) is 9.05. The number of fused-ring (bicyclic) bond motifs is 1. The van der Waals surface area contributed by atoms with Crippen molar-refractivity contribution in [2.24, 2.45) is 23.5 Å². The van der Waals surface area contributed by atoms with E-state index in [1.165, 1.54) is 50.5 Å². The van der Waals surface area contributed by atoms with Crippen LogP contribution < -0.4 is 5.73 Å². The predicted octanol–water partition coefficient (Wildman–Crippen LogP) is 4.90. The highest BCUT2D eigenvalue weighted by molar-refractivity contribution is 5.26. The zero-order chi connectivity index (χ0) is 14.7. The maximum atomic E-state index is 5.57. The summed E-state index contributed by atoms with van der Waals surface area (Å²) in [5, 5.41) is 0. The zero-order valence-corrected chi connectivity index (χ0v) is 13.6. The topological polar surface area (TPSA) is 26.0 Å². The number of unbranched alkanes of at least 4 members (excludes halogenated alkanes) is 1. The molecule has 21 heavy (non-hydrogen) atoms. The van der Waals surface area contributed by atoms with Gasteiger partial charge in [-0.25, -0.2) is 0 Å². The van der Waals surface area contributed by atoms with Crippen LogP contribution in [0.2, 0.25) is 0 Å². The second-order valence-corrected chi connectivity index (χ2v) is 7.59. The van der Waals surface area contributed by atoms with Crippen molar-refractivity contribution in [2.75, 3.05) is 6.54 Å². The molecule has 0 aliphatic heterocycles. The molecule has 2 aliphatic rings. The van der Waals surface area contributed by atoms with E-state index in [-0.39, 0.29) is 0 Å². The molecule has 2 saturated carbocycles. The number of rotatable bonds is 5. The minimum atomic E-state index is 0.821. The third-order valence-corrected chi connectivity index (χ3v) is 5.92. The molecule has 0 saturated heterocycles. The van der Waals surface area contributed by atoms with Crippen molar-refractivity contribution in [3.63, 3.8) is 0 Å². The summed E-state index contributed by atoms with van der Waals surface area (Å²) in [6.07, 6.45) is 10.9. The Hall–Kier alpha value is -0.820. The van der Waals surface area contributed by atoms with E-state index in [2.05, 4.69) is 31.2 Å². The third kappa shape index (κ3) is 3.69. The van der Waals surface area contributed by atoms with Gasteiger partial charge in [0.1, 0.15) is 0 Å². The molecule has 2 aliphatic carbocycles. The molecule has 2 fully saturated rings. The van der Waals surface area contributed by atoms with Gasteiger partial charge in [-0.15, -0.1) is 0 Å². The van der Waals surface area contributed by atoms with Crippen molar-refractivity contribution in [1.82, 2.24) is 0 Å². The Morgan fingerprint density at radius 1 is 0.952 bits per heavy atom. The van der Waals surface area contributed by atoms with E-state index in [0.29, 0.717) is 0 Å². The predicted molar refractivity (Wildman–Crippen MR) is 90.4 cm³/mol. The van der Waals surface area contributed by atoms with Gasteiger partial charge in [-0.3, -0.25) is 0 Å². The summed E-state index contributed by atoms with van der Waals surface area (Å²) in [5.41, 5.74) is 8.64. The molecule has 0 radical (unpaired) electrons. The van der Waals surface area contributed by atoms with Gasteiger partial charge in [0.15, 0.2) is 0 Å². The molecule has 4 unspecified atom stereocenters. The summed E-state index contributed by atoms with van der Waals surface area (Å²) in [5.74, 6) is 3.87.